The molecule has 0 aromatic rings. The topological polar surface area (TPSA) is 61.4 Å². The Morgan fingerprint density at radius 1 is 1.06 bits per heavy atom. The number of carbonyl (C=O) groups is 2. The molecule has 100 valence electrons. The molecule has 0 fully saturated rings. The molecule has 2 N–H and O–H groups in total. The third-order valence-electron chi connectivity index (χ3n) is 1.93. The lowest BCUT2D eigenvalue weighted by molar-refractivity contribution is 0.178. The Balaban J connectivity index is 4.75. The number of nitrogens with zero attached hydrogens (tertiary/aromatic N) is 1. The van der Waals surface area contributed by atoms with E-state index in [1.165, 1.54) is 0 Å². The fraction of sp³-hybridized carbons (Fsp3) is 0.818. The second-order valence-corrected chi connectivity index (χ2v) is 5.06. The highest BCUT2D eigenvalue weighted by Crippen LogP contribution is 2.09. The Morgan fingerprint density at radius 2 is 1.41 bits per heavy atom. The first-order valence-electron chi connectivity index (χ1n) is 5.87. The van der Waals surface area contributed by atoms with Crippen LogP contribution in [0, 0.1) is 0 Å². The van der Waals surface area contributed by atoms with Crippen LogP contribution < -0.4 is 10.6 Å². The third-order valence-corrected chi connectivity index (χ3v) is 2.52. The van der Waals surface area contributed by atoms with E-state index in [-0.39, 0.29) is 12.1 Å². The highest BCUT2D eigenvalue weighted by atomic mass is 32.1. The van der Waals surface area contributed by atoms with Gasteiger partial charge in [0, 0.05) is 12.1 Å². The molecular formula is C11H23N3O2S. The first-order chi connectivity index (χ1) is 7.79. The molecule has 0 saturated heterocycles. The number of rotatable bonds is 4. The highest BCUT2D eigenvalue weighted by molar-refractivity contribution is 7.80. The first-order valence-corrected chi connectivity index (χ1v) is 6.39. The van der Waals surface area contributed by atoms with Crippen molar-refractivity contribution in [1.29, 1.82) is 0 Å². The van der Waals surface area contributed by atoms with Gasteiger partial charge in [0.1, 0.15) is 0 Å². The van der Waals surface area contributed by atoms with E-state index in [1.807, 2.05) is 34.6 Å². The molecular weight excluding hydrogens is 238 g/mol. The van der Waals surface area contributed by atoms with Crippen LogP contribution in [0.2, 0.25) is 0 Å². The minimum absolute atomic E-state index is 0.0192. The van der Waals surface area contributed by atoms with Gasteiger partial charge in [-0.25, -0.2) is 14.5 Å². The van der Waals surface area contributed by atoms with Crippen LogP contribution in [-0.2, 0) is 0 Å². The first kappa shape index (κ1) is 16.1. The van der Waals surface area contributed by atoms with Crippen molar-refractivity contribution in [2.45, 2.75) is 58.5 Å². The molecule has 0 aromatic heterocycles. The molecule has 0 aliphatic rings. The zero-order chi connectivity index (χ0) is 13.6. The summed E-state index contributed by atoms with van der Waals surface area (Å²) in [6.45, 7) is 9.24. The maximum atomic E-state index is 11.9. The minimum atomic E-state index is -0.424. The fourth-order valence-corrected chi connectivity index (χ4v) is 1.39. The van der Waals surface area contributed by atoms with Gasteiger partial charge in [0.15, 0.2) is 0 Å². The van der Waals surface area contributed by atoms with E-state index in [4.69, 9.17) is 0 Å². The van der Waals surface area contributed by atoms with E-state index in [9.17, 15) is 9.59 Å². The number of hydrogen-bond donors (Lipinski definition) is 3. The molecule has 5 nitrogen and oxygen atoms in total. The van der Waals surface area contributed by atoms with E-state index in [0.717, 1.165) is 4.90 Å². The normalized spacial score (nSPS) is 12.5. The number of carbonyl (C=O) groups excluding carboxylic acids is 2. The summed E-state index contributed by atoms with van der Waals surface area (Å²) in [6.07, 6.45) is 0.597. The zero-order valence-electron chi connectivity index (χ0n) is 11.2. The number of urea groups is 2. The van der Waals surface area contributed by atoms with Crippen molar-refractivity contribution in [3.8, 4) is 0 Å². The van der Waals surface area contributed by atoms with Crippen LogP contribution in [0.1, 0.15) is 41.0 Å². The van der Waals surface area contributed by atoms with Gasteiger partial charge in [0.2, 0.25) is 0 Å². The summed E-state index contributed by atoms with van der Waals surface area (Å²) in [5, 5.41) is 4.96. The van der Waals surface area contributed by atoms with Crippen LogP contribution in [-0.4, -0.2) is 34.4 Å². The molecule has 1 atom stereocenters. The summed E-state index contributed by atoms with van der Waals surface area (Å²) in [5.41, 5.74) is 0. The van der Waals surface area contributed by atoms with Gasteiger partial charge in [-0.15, -0.1) is 0 Å². The molecule has 0 aliphatic carbocycles. The molecule has 0 spiro atoms. The summed E-state index contributed by atoms with van der Waals surface area (Å²) in [6, 6.07) is -0.872. The molecule has 0 aliphatic heterocycles. The van der Waals surface area contributed by atoms with Crippen molar-refractivity contribution in [2.24, 2.45) is 0 Å². The second kappa shape index (κ2) is 7.42. The Morgan fingerprint density at radius 3 is 1.65 bits per heavy atom. The van der Waals surface area contributed by atoms with Gasteiger partial charge >= 0.3 is 12.1 Å². The third kappa shape index (κ3) is 5.81. The van der Waals surface area contributed by atoms with Crippen molar-refractivity contribution in [3.05, 3.63) is 0 Å². The van der Waals surface area contributed by atoms with Crippen LogP contribution in [0.15, 0.2) is 0 Å². The molecule has 0 saturated carbocycles. The zero-order valence-corrected chi connectivity index (χ0v) is 12.0. The lowest BCUT2D eigenvalue weighted by Crippen LogP contribution is -2.54. The lowest BCUT2D eigenvalue weighted by atomic mass is 10.3. The summed E-state index contributed by atoms with van der Waals surface area (Å²) < 4.78 is 0. The average molecular weight is 261 g/mol. The largest absolute Gasteiger partial charge is 0.335 e. The minimum Gasteiger partial charge on any atom is -0.335 e. The number of thiol groups is 1. The molecule has 0 bridgehead atoms. The van der Waals surface area contributed by atoms with E-state index >= 15 is 0 Å². The van der Waals surface area contributed by atoms with Crippen molar-refractivity contribution in [3.63, 3.8) is 0 Å². The predicted octanol–water partition coefficient (Wildman–Crippen LogP) is 2.19. The van der Waals surface area contributed by atoms with E-state index in [2.05, 4.69) is 23.3 Å². The number of imide groups is 1. The Kier molecular flexibility index (Phi) is 7.03. The predicted molar refractivity (Wildman–Crippen MR) is 72.2 cm³/mol. The Labute approximate surface area is 109 Å². The lowest BCUT2D eigenvalue weighted by Gasteiger charge is -2.28. The average Bonchev–Trinajstić information content (AvgIpc) is 2.14. The SMILES string of the molecule is CCC(S)N(C(=O)NC(C)C)C(=O)NC(C)C. The van der Waals surface area contributed by atoms with E-state index < -0.39 is 17.4 Å². The Hall–Kier alpha value is -0.910. The van der Waals surface area contributed by atoms with Crippen LogP contribution in [0.5, 0.6) is 0 Å². The van der Waals surface area contributed by atoms with Crippen molar-refractivity contribution in [2.75, 3.05) is 0 Å². The van der Waals surface area contributed by atoms with E-state index in [0.29, 0.717) is 6.42 Å². The van der Waals surface area contributed by atoms with Crippen LogP contribution >= 0.6 is 12.6 Å². The second-order valence-electron chi connectivity index (χ2n) is 4.47. The molecule has 0 aromatic carbocycles. The molecule has 4 amide bonds. The van der Waals surface area contributed by atoms with Crippen molar-refractivity contribution in [1.82, 2.24) is 15.5 Å². The highest BCUT2D eigenvalue weighted by Gasteiger charge is 2.27. The standard InChI is InChI=1S/C11H23N3O2S/c1-6-9(17)14(10(15)12-7(2)3)11(16)13-8(4)5/h7-9,17H,6H2,1-5H3,(H,12,15)(H,13,16). The quantitative estimate of drug-likeness (QED) is 0.536. The number of hydrogen-bond acceptors (Lipinski definition) is 3. The monoisotopic (exact) mass is 261 g/mol. The van der Waals surface area contributed by atoms with Gasteiger partial charge < -0.3 is 10.6 Å². The van der Waals surface area contributed by atoms with Gasteiger partial charge in [0.05, 0.1) is 5.37 Å². The molecule has 0 heterocycles. The van der Waals surface area contributed by atoms with Crippen LogP contribution in [0.4, 0.5) is 9.59 Å². The number of amides is 4. The van der Waals surface area contributed by atoms with Gasteiger partial charge in [-0.3, -0.25) is 0 Å². The summed E-state index contributed by atoms with van der Waals surface area (Å²) in [7, 11) is 0. The molecule has 0 rings (SSSR count). The summed E-state index contributed by atoms with van der Waals surface area (Å²) in [4.78, 5) is 24.9. The van der Waals surface area contributed by atoms with Crippen LogP contribution in [0.3, 0.4) is 0 Å². The van der Waals surface area contributed by atoms with Gasteiger partial charge in [-0.2, -0.15) is 12.6 Å². The fourth-order valence-electron chi connectivity index (χ4n) is 1.18. The Bertz CT molecular complexity index is 247. The summed E-state index contributed by atoms with van der Waals surface area (Å²) in [5.74, 6) is 0. The molecule has 1 unspecified atom stereocenters. The molecule has 6 heteroatoms. The van der Waals surface area contributed by atoms with Crippen molar-refractivity contribution < 1.29 is 9.59 Å². The van der Waals surface area contributed by atoms with Crippen molar-refractivity contribution >= 4 is 24.7 Å². The number of nitrogens with one attached hydrogen (secondary N) is 2. The van der Waals surface area contributed by atoms with Gasteiger partial charge in [0.25, 0.3) is 0 Å². The van der Waals surface area contributed by atoms with Crippen LogP contribution in [0.25, 0.3) is 0 Å². The summed E-state index contributed by atoms with van der Waals surface area (Å²) >= 11 is 4.25. The van der Waals surface area contributed by atoms with Gasteiger partial charge in [-0.05, 0) is 34.1 Å². The van der Waals surface area contributed by atoms with Gasteiger partial charge in [-0.1, -0.05) is 6.92 Å². The molecule has 0 radical (unpaired) electrons. The smallest absolute Gasteiger partial charge is 0.326 e. The van der Waals surface area contributed by atoms with E-state index in [1.54, 1.807) is 0 Å². The molecule has 17 heavy (non-hydrogen) atoms. The maximum Gasteiger partial charge on any atom is 0.326 e. The maximum absolute atomic E-state index is 11.9.